The number of nitrogens with zero attached hydrogens (tertiary/aromatic N) is 2. The van der Waals surface area contributed by atoms with Gasteiger partial charge in [0.2, 0.25) is 0 Å². The summed E-state index contributed by atoms with van der Waals surface area (Å²) < 4.78 is 5.23. The first-order chi connectivity index (χ1) is 9.63. The SMILES string of the molecule is COc1ccc(C#N)c(N(C)Cc2ccc(C)cc2)c1. The number of methoxy groups -OCH3 is 1. The minimum absolute atomic E-state index is 0.653. The van der Waals surface area contributed by atoms with Gasteiger partial charge in [-0.3, -0.25) is 0 Å². The quantitative estimate of drug-likeness (QED) is 0.849. The van der Waals surface area contributed by atoms with Gasteiger partial charge in [-0.15, -0.1) is 0 Å². The lowest BCUT2D eigenvalue weighted by atomic mass is 10.1. The van der Waals surface area contributed by atoms with Gasteiger partial charge in [0.15, 0.2) is 0 Å². The highest BCUT2D eigenvalue weighted by molar-refractivity contribution is 5.62. The van der Waals surface area contributed by atoms with Crippen molar-refractivity contribution >= 4 is 5.69 Å². The van der Waals surface area contributed by atoms with Crippen molar-refractivity contribution < 1.29 is 4.74 Å². The summed E-state index contributed by atoms with van der Waals surface area (Å²) in [7, 11) is 3.61. The summed E-state index contributed by atoms with van der Waals surface area (Å²) in [6.07, 6.45) is 0. The van der Waals surface area contributed by atoms with Gasteiger partial charge in [0.05, 0.1) is 18.4 Å². The summed E-state index contributed by atoms with van der Waals surface area (Å²) in [5, 5.41) is 9.22. The normalized spacial score (nSPS) is 9.90. The van der Waals surface area contributed by atoms with Gasteiger partial charge in [0.25, 0.3) is 0 Å². The van der Waals surface area contributed by atoms with E-state index in [1.165, 1.54) is 11.1 Å². The van der Waals surface area contributed by atoms with E-state index < -0.39 is 0 Å². The molecule has 0 radical (unpaired) electrons. The molecule has 20 heavy (non-hydrogen) atoms. The molecule has 3 heteroatoms. The summed E-state index contributed by atoms with van der Waals surface area (Å²) in [5.41, 5.74) is 3.99. The molecule has 0 N–H and O–H groups in total. The van der Waals surface area contributed by atoms with E-state index in [-0.39, 0.29) is 0 Å². The van der Waals surface area contributed by atoms with Crippen LogP contribution in [0.3, 0.4) is 0 Å². The Labute approximate surface area is 120 Å². The van der Waals surface area contributed by atoms with Crippen molar-refractivity contribution in [3.05, 3.63) is 59.2 Å². The third-order valence-corrected chi connectivity index (χ3v) is 3.28. The summed E-state index contributed by atoms with van der Waals surface area (Å²) in [6, 6.07) is 16.1. The molecule has 0 bridgehead atoms. The third kappa shape index (κ3) is 3.10. The molecule has 0 saturated heterocycles. The molecule has 102 valence electrons. The second kappa shape index (κ2) is 6.12. The average Bonchev–Trinajstić information content (AvgIpc) is 2.48. The Balaban J connectivity index is 2.26. The molecule has 0 unspecified atom stereocenters. The molecule has 3 nitrogen and oxygen atoms in total. The lowest BCUT2D eigenvalue weighted by Crippen LogP contribution is -2.17. The molecule has 0 aliphatic heterocycles. The molecule has 0 aliphatic rings. The number of hydrogen-bond donors (Lipinski definition) is 0. The van der Waals surface area contributed by atoms with E-state index in [0.29, 0.717) is 5.56 Å². The number of ether oxygens (including phenoxy) is 1. The molecule has 0 spiro atoms. The van der Waals surface area contributed by atoms with E-state index >= 15 is 0 Å². The number of rotatable bonds is 4. The van der Waals surface area contributed by atoms with Gasteiger partial charge in [0.1, 0.15) is 11.8 Å². The van der Waals surface area contributed by atoms with Crippen molar-refractivity contribution in [2.24, 2.45) is 0 Å². The van der Waals surface area contributed by atoms with E-state index in [9.17, 15) is 5.26 Å². The largest absolute Gasteiger partial charge is 0.497 e. The van der Waals surface area contributed by atoms with E-state index in [1.54, 1.807) is 13.2 Å². The first-order valence-corrected chi connectivity index (χ1v) is 6.49. The van der Waals surface area contributed by atoms with Crippen molar-refractivity contribution in [2.75, 3.05) is 19.1 Å². The first kappa shape index (κ1) is 14.0. The summed E-state index contributed by atoms with van der Waals surface area (Å²) in [6.45, 7) is 2.82. The monoisotopic (exact) mass is 266 g/mol. The molecular formula is C17H18N2O. The topological polar surface area (TPSA) is 36.3 Å². The molecule has 0 atom stereocenters. The summed E-state index contributed by atoms with van der Waals surface area (Å²) in [4.78, 5) is 2.06. The first-order valence-electron chi connectivity index (χ1n) is 6.49. The van der Waals surface area contributed by atoms with Crippen molar-refractivity contribution in [1.29, 1.82) is 5.26 Å². The number of benzene rings is 2. The van der Waals surface area contributed by atoms with Crippen LogP contribution < -0.4 is 9.64 Å². The molecule has 0 saturated carbocycles. The predicted octanol–water partition coefficient (Wildman–Crippen LogP) is 3.51. The van der Waals surface area contributed by atoms with Crippen LogP contribution in [0.4, 0.5) is 5.69 Å². The van der Waals surface area contributed by atoms with Gasteiger partial charge in [-0.05, 0) is 24.6 Å². The zero-order chi connectivity index (χ0) is 14.5. The average molecular weight is 266 g/mol. The van der Waals surface area contributed by atoms with Crippen molar-refractivity contribution in [3.63, 3.8) is 0 Å². The second-order valence-electron chi connectivity index (χ2n) is 4.84. The van der Waals surface area contributed by atoms with Crippen LogP contribution in [0.5, 0.6) is 5.75 Å². The second-order valence-corrected chi connectivity index (χ2v) is 4.84. The molecule has 0 aromatic heterocycles. The van der Waals surface area contributed by atoms with Gasteiger partial charge >= 0.3 is 0 Å². The Kier molecular flexibility index (Phi) is 4.27. The van der Waals surface area contributed by atoms with Gasteiger partial charge in [-0.2, -0.15) is 5.26 Å². The molecule has 2 rings (SSSR count). The van der Waals surface area contributed by atoms with E-state index in [1.807, 2.05) is 19.2 Å². The van der Waals surface area contributed by atoms with Crippen LogP contribution in [0.25, 0.3) is 0 Å². The smallest absolute Gasteiger partial charge is 0.121 e. The fourth-order valence-electron chi connectivity index (χ4n) is 2.10. The van der Waals surface area contributed by atoms with E-state index in [0.717, 1.165) is 18.0 Å². The molecule has 0 amide bonds. The number of anilines is 1. The van der Waals surface area contributed by atoms with Crippen LogP contribution in [0, 0.1) is 18.3 Å². The Hall–Kier alpha value is -2.47. The van der Waals surface area contributed by atoms with Crippen LogP contribution in [0.2, 0.25) is 0 Å². The van der Waals surface area contributed by atoms with E-state index in [2.05, 4.69) is 42.2 Å². The van der Waals surface area contributed by atoms with Crippen molar-refractivity contribution in [3.8, 4) is 11.8 Å². The lowest BCUT2D eigenvalue weighted by molar-refractivity contribution is 0.415. The molecule has 2 aromatic rings. The van der Waals surface area contributed by atoms with Crippen LogP contribution in [-0.4, -0.2) is 14.2 Å². The number of aryl methyl sites for hydroxylation is 1. The lowest BCUT2D eigenvalue weighted by Gasteiger charge is -2.21. The highest BCUT2D eigenvalue weighted by Gasteiger charge is 2.09. The van der Waals surface area contributed by atoms with Gasteiger partial charge < -0.3 is 9.64 Å². The zero-order valence-corrected chi connectivity index (χ0v) is 12.1. The number of hydrogen-bond acceptors (Lipinski definition) is 3. The Morgan fingerprint density at radius 3 is 2.45 bits per heavy atom. The minimum Gasteiger partial charge on any atom is -0.497 e. The summed E-state index contributed by atoms with van der Waals surface area (Å²) >= 11 is 0. The highest BCUT2D eigenvalue weighted by atomic mass is 16.5. The molecule has 0 heterocycles. The Bertz CT molecular complexity index is 626. The van der Waals surface area contributed by atoms with Gasteiger partial charge in [0, 0.05) is 19.7 Å². The minimum atomic E-state index is 0.653. The van der Waals surface area contributed by atoms with Crippen LogP contribution >= 0.6 is 0 Å². The van der Waals surface area contributed by atoms with Crippen molar-refractivity contribution in [2.45, 2.75) is 13.5 Å². The van der Waals surface area contributed by atoms with Gasteiger partial charge in [-0.25, -0.2) is 0 Å². The standard InChI is InChI=1S/C17H18N2O/c1-13-4-6-14(7-5-13)12-19(2)17-10-16(20-3)9-8-15(17)11-18/h4-10H,12H2,1-3H3. The van der Waals surface area contributed by atoms with Crippen LogP contribution in [0.15, 0.2) is 42.5 Å². The molecule has 0 aliphatic carbocycles. The van der Waals surface area contributed by atoms with Crippen LogP contribution in [-0.2, 0) is 6.54 Å². The maximum absolute atomic E-state index is 9.22. The highest BCUT2D eigenvalue weighted by Crippen LogP contribution is 2.26. The van der Waals surface area contributed by atoms with Gasteiger partial charge in [-0.1, -0.05) is 29.8 Å². The molecular weight excluding hydrogens is 248 g/mol. The molecule has 0 fully saturated rings. The maximum atomic E-state index is 9.22. The van der Waals surface area contributed by atoms with Crippen LogP contribution in [0.1, 0.15) is 16.7 Å². The Morgan fingerprint density at radius 2 is 1.85 bits per heavy atom. The Morgan fingerprint density at radius 1 is 1.15 bits per heavy atom. The fraction of sp³-hybridized carbons (Fsp3) is 0.235. The molecule has 2 aromatic carbocycles. The summed E-state index contributed by atoms with van der Waals surface area (Å²) in [5.74, 6) is 0.759. The van der Waals surface area contributed by atoms with E-state index in [4.69, 9.17) is 4.74 Å². The van der Waals surface area contributed by atoms with Crippen molar-refractivity contribution in [1.82, 2.24) is 0 Å². The number of nitriles is 1. The zero-order valence-electron chi connectivity index (χ0n) is 12.1. The third-order valence-electron chi connectivity index (χ3n) is 3.28. The fourth-order valence-corrected chi connectivity index (χ4v) is 2.10. The maximum Gasteiger partial charge on any atom is 0.121 e. The predicted molar refractivity (Wildman–Crippen MR) is 81.0 cm³/mol.